The van der Waals surface area contributed by atoms with E-state index >= 15 is 0 Å². The van der Waals surface area contributed by atoms with Crippen molar-refractivity contribution < 1.29 is 22.7 Å². The van der Waals surface area contributed by atoms with Crippen LogP contribution in [0.15, 0.2) is 65.8 Å². The maximum Gasteiger partial charge on any atom is 0.276 e. The molecule has 0 saturated heterocycles. The summed E-state index contributed by atoms with van der Waals surface area (Å²) in [6.45, 7) is 2.23. The number of benzene rings is 2. The highest BCUT2D eigenvalue weighted by molar-refractivity contribution is 7.71. The van der Waals surface area contributed by atoms with Gasteiger partial charge in [-0.15, -0.1) is 10.2 Å². The third-order valence-electron chi connectivity index (χ3n) is 5.61. The van der Waals surface area contributed by atoms with E-state index in [0.717, 1.165) is 11.1 Å². The summed E-state index contributed by atoms with van der Waals surface area (Å²) in [5.74, 6) is -0.450. The quantitative estimate of drug-likeness (QED) is 0.312. The molecule has 12 heteroatoms. The number of carbonyl (C=O) groups is 2. The first-order valence-corrected chi connectivity index (χ1v) is 13.2. The summed E-state index contributed by atoms with van der Waals surface area (Å²) < 4.78 is 28.0. The van der Waals surface area contributed by atoms with E-state index in [1.807, 2.05) is 19.1 Å². The number of nitrogens with zero attached hydrogens (tertiary/aromatic N) is 4. The van der Waals surface area contributed by atoms with Gasteiger partial charge in [-0.25, -0.2) is 8.42 Å². The Kier molecular flexibility index (Phi) is 8.59. The number of thiol groups is 1. The lowest BCUT2D eigenvalue weighted by Gasteiger charge is -2.35. The molecule has 1 N–H and O–H groups in total. The Bertz CT molecular complexity index is 1350. The molecule has 0 saturated carbocycles. The standard InChI is InChI=1S/C25H24ClN5O5S/c1-2-21-24(18-7-3-17(4-8-18)15-37(34)35)30-31(23(14-32)36-21)13-16-5-9-19(10-6-16)27-25(33)20-11-12-22(26)29-28-20/h3-12,14,21,23,37H,2,13,15H2,1H3,(H,27,33). The van der Waals surface area contributed by atoms with Crippen LogP contribution in [0.25, 0.3) is 0 Å². The van der Waals surface area contributed by atoms with Gasteiger partial charge in [0.05, 0.1) is 18.0 Å². The molecule has 0 aliphatic carbocycles. The van der Waals surface area contributed by atoms with Gasteiger partial charge in [0.1, 0.15) is 16.8 Å². The van der Waals surface area contributed by atoms with E-state index in [4.69, 9.17) is 21.4 Å². The second-order valence-corrected chi connectivity index (χ2v) is 9.59. The maximum atomic E-state index is 12.3. The summed E-state index contributed by atoms with van der Waals surface area (Å²) in [6, 6.07) is 17.2. The molecule has 10 nitrogen and oxygen atoms in total. The van der Waals surface area contributed by atoms with Crippen LogP contribution in [-0.2, 0) is 32.5 Å². The van der Waals surface area contributed by atoms with Gasteiger partial charge in [0.25, 0.3) is 5.91 Å². The van der Waals surface area contributed by atoms with Gasteiger partial charge in [0.15, 0.2) is 17.1 Å². The van der Waals surface area contributed by atoms with Gasteiger partial charge in [-0.3, -0.25) is 14.6 Å². The van der Waals surface area contributed by atoms with E-state index in [9.17, 15) is 18.0 Å². The molecule has 1 amide bonds. The van der Waals surface area contributed by atoms with Gasteiger partial charge in [0.2, 0.25) is 6.23 Å². The fraction of sp³-hybridized carbons (Fsp3) is 0.240. The third kappa shape index (κ3) is 6.76. The number of rotatable bonds is 9. The van der Waals surface area contributed by atoms with Crippen molar-refractivity contribution in [2.24, 2.45) is 5.10 Å². The van der Waals surface area contributed by atoms with Crippen LogP contribution in [0.5, 0.6) is 0 Å². The highest BCUT2D eigenvalue weighted by atomic mass is 35.5. The highest BCUT2D eigenvalue weighted by Crippen LogP contribution is 2.23. The number of hydrazone groups is 1. The molecule has 1 aliphatic heterocycles. The number of carbonyl (C=O) groups excluding carboxylic acids is 2. The molecule has 0 bridgehead atoms. The summed E-state index contributed by atoms with van der Waals surface area (Å²) in [5.41, 5.74) is 3.66. The molecule has 4 rings (SSSR count). The number of nitrogens with one attached hydrogen (secondary N) is 1. The summed E-state index contributed by atoms with van der Waals surface area (Å²) in [6.07, 6.45) is 0.0678. The first-order chi connectivity index (χ1) is 17.9. The monoisotopic (exact) mass is 541 g/mol. The normalized spacial score (nSPS) is 17.4. The molecule has 0 spiro atoms. The fourth-order valence-corrected chi connectivity index (χ4v) is 4.38. The molecule has 2 heterocycles. The Morgan fingerprint density at radius 1 is 1.05 bits per heavy atom. The second kappa shape index (κ2) is 12.0. The van der Waals surface area contributed by atoms with Crippen LogP contribution in [0.1, 0.15) is 40.5 Å². The highest BCUT2D eigenvalue weighted by Gasteiger charge is 2.31. The zero-order valence-electron chi connectivity index (χ0n) is 19.8. The van der Waals surface area contributed by atoms with Crippen molar-refractivity contribution in [3.05, 3.63) is 88.2 Å². The smallest absolute Gasteiger partial charge is 0.276 e. The molecule has 0 fully saturated rings. The zero-order valence-corrected chi connectivity index (χ0v) is 21.4. The van der Waals surface area contributed by atoms with Crippen LogP contribution in [0.2, 0.25) is 5.15 Å². The summed E-state index contributed by atoms with van der Waals surface area (Å²) in [7, 11) is -2.51. The van der Waals surface area contributed by atoms with Gasteiger partial charge in [-0.05, 0) is 41.8 Å². The van der Waals surface area contributed by atoms with Crippen LogP contribution >= 0.6 is 11.6 Å². The maximum absolute atomic E-state index is 12.3. The lowest BCUT2D eigenvalue weighted by molar-refractivity contribution is -0.139. The van der Waals surface area contributed by atoms with Gasteiger partial charge in [0, 0.05) is 11.3 Å². The molecule has 37 heavy (non-hydrogen) atoms. The van der Waals surface area contributed by atoms with Crippen molar-refractivity contribution in [3.63, 3.8) is 0 Å². The minimum Gasteiger partial charge on any atom is -0.340 e. The van der Waals surface area contributed by atoms with Gasteiger partial charge < -0.3 is 10.1 Å². The zero-order chi connectivity index (χ0) is 26.4. The van der Waals surface area contributed by atoms with Crippen molar-refractivity contribution in [3.8, 4) is 0 Å². The van der Waals surface area contributed by atoms with Crippen LogP contribution < -0.4 is 5.32 Å². The number of aromatic nitrogens is 2. The molecular weight excluding hydrogens is 518 g/mol. The van der Waals surface area contributed by atoms with Crippen molar-refractivity contribution >= 4 is 45.9 Å². The van der Waals surface area contributed by atoms with E-state index in [0.29, 0.717) is 29.7 Å². The first kappa shape index (κ1) is 26.4. The van der Waals surface area contributed by atoms with Crippen molar-refractivity contribution in [1.82, 2.24) is 15.2 Å². The van der Waals surface area contributed by atoms with Crippen molar-refractivity contribution in [2.45, 2.75) is 38.0 Å². The number of aldehydes is 1. The largest absolute Gasteiger partial charge is 0.340 e. The Labute approximate surface area is 220 Å². The topological polar surface area (TPSA) is 131 Å². The van der Waals surface area contributed by atoms with E-state index in [2.05, 4.69) is 15.5 Å². The summed E-state index contributed by atoms with van der Waals surface area (Å²) in [4.78, 5) is 24.1. The SMILES string of the molecule is CCC1OC(C=O)N(Cc2ccc(NC(=O)c3ccc(Cl)nn3)cc2)N=C1c1ccc(C[SH](=O)=O)cc1. The van der Waals surface area contributed by atoms with E-state index in [1.54, 1.807) is 41.4 Å². The number of anilines is 1. The summed E-state index contributed by atoms with van der Waals surface area (Å²) in [5, 5.41) is 16.7. The van der Waals surface area contributed by atoms with Gasteiger partial charge >= 0.3 is 0 Å². The minimum atomic E-state index is -2.51. The Morgan fingerprint density at radius 2 is 1.76 bits per heavy atom. The van der Waals surface area contributed by atoms with Crippen LogP contribution in [0, 0.1) is 0 Å². The lowest BCUT2D eigenvalue weighted by Crippen LogP contribution is -2.45. The first-order valence-electron chi connectivity index (χ1n) is 11.4. The molecule has 2 aromatic carbocycles. The molecule has 192 valence electrons. The molecule has 3 aromatic rings. The fourth-order valence-electron chi connectivity index (χ4n) is 3.77. The Morgan fingerprint density at radius 3 is 2.35 bits per heavy atom. The number of hydrogen-bond acceptors (Lipinski definition) is 9. The van der Waals surface area contributed by atoms with Crippen LogP contribution in [-0.4, -0.2) is 53.9 Å². The minimum absolute atomic E-state index is 0.0291. The van der Waals surface area contributed by atoms with Crippen molar-refractivity contribution in [2.75, 3.05) is 5.32 Å². The lowest BCUT2D eigenvalue weighted by atomic mass is 10.0. The second-order valence-electron chi connectivity index (χ2n) is 8.22. The van der Waals surface area contributed by atoms with E-state index in [-0.39, 0.29) is 29.2 Å². The predicted octanol–water partition coefficient (Wildman–Crippen LogP) is 3.03. The molecule has 2 atom stereocenters. The number of halogens is 1. The average molecular weight is 542 g/mol. The molecule has 1 aliphatic rings. The number of ether oxygens (including phenoxy) is 1. The Hall–Kier alpha value is -3.67. The van der Waals surface area contributed by atoms with Gasteiger partial charge in [-0.1, -0.05) is 54.9 Å². The van der Waals surface area contributed by atoms with E-state index in [1.165, 1.54) is 12.1 Å². The molecule has 2 unspecified atom stereocenters. The molecular formula is C25H24ClN5O5S. The van der Waals surface area contributed by atoms with Crippen LogP contribution in [0.3, 0.4) is 0 Å². The van der Waals surface area contributed by atoms with Gasteiger partial charge in [-0.2, -0.15) is 5.10 Å². The number of amides is 1. The Balaban J connectivity index is 1.50. The average Bonchev–Trinajstić information content (AvgIpc) is 2.90. The third-order valence-corrected chi connectivity index (χ3v) is 6.43. The van der Waals surface area contributed by atoms with E-state index < -0.39 is 22.8 Å². The van der Waals surface area contributed by atoms with Crippen molar-refractivity contribution in [1.29, 1.82) is 0 Å². The molecule has 0 radical (unpaired) electrons. The predicted molar refractivity (Wildman–Crippen MR) is 139 cm³/mol. The van der Waals surface area contributed by atoms with Crippen LogP contribution in [0.4, 0.5) is 5.69 Å². The number of hydrogen-bond donors (Lipinski definition) is 2. The molecule has 1 aromatic heterocycles. The summed E-state index contributed by atoms with van der Waals surface area (Å²) >= 11 is 5.71.